The molecule has 0 atom stereocenters. The van der Waals surface area contributed by atoms with E-state index in [1.54, 1.807) is 16.8 Å². The first-order valence-corrected chi connectivity index (χ1v) is 11.3. The molecule has 7 heteroatoms. The lowest BCUT2D eigenvalue weighted by molar-refractivity contribution is 0.866. The van der Waals surface area contributed by atoms with Crippen LogP contribution in [0.25, 0.3) is 11.0 Å². The molecule has 0 radical (unpaired) electrons. The molecule has 5 rings (SSSR count). The van der Waals surface area contributed by atoms with E-state index in [2.05, 4.69) is 30.9 Å². The molecule has 0 unspecified atom stereocenters. The summed E-state index contributed by atoms with van der Waals surface area (Å²) in [5.74, 6) is 0.671. The minimum absolute atomic E-state index is 0.466. The number of fused-ring (bicyclic) bond motifs is 3. The number of benzene rings is 3. The summed E-state index contributed by atoms with van der Waals surface area (Å²) in [5, 5.41) is 5.80. The summed E-state index contributed by atoms with van der Waals surface area (Å²) in [6.45, 7) is 6.23. The quantitative estimate of drug-likeness (QED) is 0.337. The largest absolute Gasteiger partial charge is 0.372 e. The molecule has 1 aromatic heterocycles. The molecular weight excluding hydrogens is 441 g/mol. The third kappa shape index (κ3) is 3.57. The maximum Gasteiger partial charge on any atom is 0.183 e. The SMILES string of the molecule is CCN(CC)c1ccc(N=C2C(c3ccccc3)=Nn3c2nc2cc(Cl)c(Cl)cc23)cc1. The Morgan fingerprint density at radius 3 is 2.28 bits per heavy atom. The van der Waals surface area contributed by atoms with E-state index in [9.17, 15) is 0 Å². The molecule has 32 heavy (non-hydrogen) atoms. The summed E-state index contributed by atoms with van der Waals surface area (Å²) in [6, 6.07) is 21.8. The maximum atomic E-state index is 6.27. The highest BCUT2D eigenvalue weighted by molar-refractivity contribution is 6.54. The molecule has 0 fully saturated rings. The standard InChI is InChI=1S/C25H21Cl2N5/c1-3-31(4-2)18-12-10-17(11-13-18)28-24-23(16-8-6-5-7-9-16)30-32-22-15-20(27)19(26)14-21(22)29-25(24)32/h5-15H,3-4H2,1-2H3. The van der Waals surface area contributed by atoms with E-state index in [1.807, 2.05) is 42.5 Å². The van der Waals surface area contributed by atoms with Crippen LogP contribution in [0.3, 0.4) is 0 Å². The number of imidazole rings is 1. The van der Waals surface area contributed by atoms with E-state index in [0.717, 1.165) is 46.8 Å². The molecule has 5 nitrogen and oxygen atoms in total. The number of hydrogen-bond acceptors (Lipinski definition) is 4. The van der Waals surface area contributed by atoms with Gasteiger partial charge >= 0.3 is 0 Å². The maximum absolute atomic E-state index is 6.27. The van der Waals surface area contributed by atoms with Crippen molar-refractivity contribution in [3.8, 4) is 0 Å². The van der Waals surface area contributed by atoms with E-state index in [-0.39, 0.29) is 0 Å². The third-order valence-corrected chi connectivity index (χ3v) is 6.30. The van der Waals surface area contributed by atoms with Crippen molar-refractivity contribution in [1.29, 1.82) is 0 Å². The van der Waals surface area contributed by atoms with Gasteiger partial charge in [0.05, 0.1) is 26.8 Å². The zero-order valence-electron chi connectivity index (χ0n) is 17.8. The average molecular weight is 462 g/mol. The number of rotatable bonds is 5. The summed E-state index contributed by atoms with van der Waals surface area (Å²) in [4.78, 5) is 12.1. The number of halogens is 2. The first-order valence-electron chi connectivity index (χ1n) is 10.6. The lowest BCUT2D eigenvalue weighted by atomic mass is 10.1. The minimum Gasteiger partial charge on any atom is -0.372 e. The summed E-state index contributed by atoms with van der Waals surface area (Å²) in [6.07, 6.45) is 0. The Balaban J connectivity index is 1.65. The molecule has 0 saturated heterocycles. The van der Waals surface area contributed by atoms with Crippen molar-refractivity contribution in [3.05, 3.63) is 88.2 Å². The molecule has 1 aliphatic heterocycles. The van der Waals surface area contributed by atoms with Crippen LogP contribution in [-0.2, 0) is 0 Å². The topological polar surface area (TPSA) is 45.8 Å². The van der Waals surface area contributed by atoms with Gasteiger partial charge in [-0.25, -0.2) is 14.7 Å². The molecule has 0 saturated carbocycles. The highest BCUT2D eigenvalue weighted by atomic mass is 35.5. The summed E-state index contributed by atoms with van der Waals surface area (Å²) < 4.78 is 1.79. The lowest BCUT2D eigenvalue weighted by Crippen LogP contribution is -2.21. The Kier molecular flexibility index (Phi) is 5.45. The highest BCUT2D eigenvalue weighted by Gasteiger charge is 2.28. The fourth-order valence-corrected chi connectivity index (χ4v) is 4.23. The van der Waals surface area contributed by atoms with Crippen molar-refractivity contribution >= 4 is 57.0 Å². The van der Waals surface area contributed by atoms with Crippen molar-refractivity contribution in [2.45, 2.75) is 13.8 Å². The van der Waals surface area contributed by atoms with Crippen molar-refractivity contribution in [2.24, 2.45) is 10.1 Å². The van der Waals surface area contributed by atoms with Crippen LogP contribution in [0.15, 0.2) is 76.8 Å². The van der Waals surface area contributed by atoms with Gasteiger partial charge in [-0.15, -0.1) is 0 Å². The molecule has 0 amide bonds. The zero-order valence-corrected chi connectivity index (χ0v) is 19.3. The molecule has 0 aliphatic carbocycles. The fraction of sp³-hybridized carbons (Fsp3) is 0.160. The smallest absolute Gasteiger partial charge is 0.183 e. The Morgan fingerprint density at radius 1 is 0.906 bits per heavy atom. The van der Waals surface area contributed by atoms with Crippen molar-refractivity contribution in [3.63, 3.8) is 0 Å². The van der Waals surface area contributed by atoms with Gasteiger partial charge in [-0.3, -0.25) is 0 Å². The van der Waals surface area contributed by atoms with Crippen LogP contribution < -0.4 is 4.90 Å². The van der Waals surface area contributed by atoms with E-state index in [4.69, 9.17) is 38.3 Å². The number of nitrogens with zero attached hydrogens (tertiary/aromatic N) is 5. The van der Waals surface area contributed by atoms with Gasteiger partial charge in [0.2, 0.25) is 0 Å². The molecule has 0 bridgehead atoms. The van der Waals surface area contributed by atoms with E-state index in [1.165, 1.54) is 5.69 Å². The Bertz CT molecular complexity index is 1350. The van der Waals surface area contributed by atoms with Crippen molar-refractivity contribution in [2.75, 3.05) is 18.0 Å². The van der Waals surface area contributed by atoms with E-state index >= 15 is 0 Å². The van der Waals surface area contributed by atoms with Crippen LogP contribution in [0.5, 0.6) is 0 Å². The predicted molar refractivity (Wildman–Crippen MR) is 134 cm³/mol. The molecular formula is C25H21Cl2N5. The number of anilines is 1. The molecule has 160 valence electrons. The molecule has 0 N–H and O–H groups in total. The summed E-state index contributed by atoms with van der Waals surface area (Å²) in [7, 11) is 0. The average Bonchev–Trinajstić information content (AvgIpc) is 3.33. The Morgan fingerprint density at radius 2 is 1.59 bits per heavy atom. The monoisotopic (exact) mass is 461 g/mol. The van der Waals surface area contributed by atoms with Crippen LogP contribution in [-0.4, -0.2) is 34.2 Å². The molecule has 3 aromatic carbocycles. The predicted octanol–water partition coefficient (Wildman–Crippen LogP) is 6.58. The molecule has 2 heterocycles. The zero-order chi connectivity index (χ0) is 22.2. The van der Waals surface area contributed by atoms with Gasteiger partial charge in [0.15, 0.2) is 5.82 Å². The van der Waals surface area contributed by atoms with Crippen LogP contribution in [0, 0.1) is 0 Å². The molecule has 1 aliphatic rings. The van der Waals surface area contributed by atoms with Gasteiger partial charge in [-0.1, -0.05) is 53.5 Å². The second-order valence-corrected chi connectivity index (χ2v) is 8.28. The van der Waals surface area contributed by atoms with Crippen LogP contribution in [0.1, 0.15) is 25.2 Å². The summed E-state index contributed by atoms with van der Waals surface area (Å²) >= 11 is 12.5. The highest BCUT2D eigenvalue weighted by Crippen LogP contribution is 2.31. The van der Waals surface area contributed by atoms with Crippen LogP contribution in [0.4, 0.5) is 11.4 Å². The van der Waals surface area contributed by atoms with Crippen LogP contribution in [0.2, 0.25) is 10.0 Å². The molecule has 0 spiro atoms. The first kappa shape index (κ1) is 20.7. The lowest BCUT2D eigenvalue weighted by Gasteiger charge is -2.20. The Hall–Kier alpha value is -3.15. The van der Waals surface area contributed by atoms with Crippen molar-refractivity contribution in [1.82, 2.24) is 9.66 Å². The Labute approximate surface area is 196 Å². The van der Waals surface area contributed by atoms with Gasteiger partial charge in [-0.2, -0.15) is 5.10 Å². The number of aliphatic imine (C=N–C) groups is 1. The fourth-order valence-electron chi connectivity index (χ4n) is 3.92. The second-order valence-electron chi connectivity index (χ2n) is 7.47. The van der Waals surface area contributed by atoms with Gasteiger partial charge < -0.3 is 4.90 Å². The number of hydrogen-bond donors (Lipinski definition) is 0. The van der Waals surface area contributed by atoms with Gasteiger partial charge in [0, 0.05) is 24.3 Å². The van der Waals surface area contributed by atoms with Gasteiger partial charge in [-0.05, 0) is 50.2 Å². The normalized spacial score (nSPS) is 14.1. The van der Waals surface area contributed by atoms with Gasteiger partial charge in [0.1, 0.15) is 11.4 Å². The van der Waals surface area contributed by atoms with E-state index < -0.39 is 0 Å². The third-order valence-electron chi connectivity index (χ3n) is 5.58. The second kappa shape index (κ2) is 8.41. The molecule has 4 aromatic rings. The first-order chi connectivity index (χ1) is 15.6. The van der Waals surface area contributed by atoms with E-state index in [0.29, 0.717) is 15.9 Å². The van der Waals surface area contributed by atoms with Crippen molar-refractivity contribution < 1.29 is 0 Å². The summed E-state index contributed by atoms with van der Waals surface area (Å²) in [5.41, 5.74) is 6.02. The van der Waals surface area contributed by atoms with Gasteiger partial charge in [0.25, 0.3) is 0 Å². The van der Waals surface area contributed by atoms with Crippen LogP contribution >= 0.6 is 23.2 Å². The minimum atomic E-state index is 0.466. The number of aromatic nitrogens is 2.